The second-order valence-corrected chi connectivity index (χ2v) is 9.19. The van der Waals surface area contributed by atoms with E-state index in [1.165, 1.54) is 11.8 Å². The van der Waals surface area contributed by atoms with Crippen LogP contribution in [0.4, 0.5) is 0 Å². The van der Waals surface area contributed by atoms with E-state index in [2.05, 4.69) is 16.0 Å². The summed E-state index contributed by atoms with van der Waals surface area (Å²) < 4.78 is 0. The van der Waals surface area contributed by atoms with Gasteiger partial charge in [0.2, 0.25) is 23.6 Å². The topological polar surface area (TPSA) is 231 Å². The van der Waals surface area contributed by atoms with Crippen LogP contribution in [0.3, 0.4) is 0 Å². The smallest absolute Gasteiger partial charge is 0.326 e. The number of carbonyl (C=O) groups is 6. The summed E-state index contributed by atoms with van der Waals surface area (Å²) in [6.07, 6.45) is 0.636. The van der Waals surface area contributed by atoms with E-state index >= 15 is 0 Å². The fourth-order valence-corrected chi connectivity index (χ4v) is 3.70. The maximum Gasteiger partial charge on any atom is 0.326 e. The Hall–Kier alpha value is -3.65. The van der Waals surface area contributed by atoms with E-state index in [-0.39, 0.29) is 19.3 Å². The zero-order valence-corrected chi connectivity index (χ0v) is 21.2. The molecule has 4 atom stereocenters. The molecule has 13 nitrogen and oxygen atoms in total. The van der Waals surface area contributed by atoms with Gasteiger partial charge in [-0.25, -0.2) is 4.79 Å². The third-order valence-electron chi connectivity index (χ3n) is 5.18. The zero-order chi connectivity index (χ0) is 28.0. The Labute approximate surface area is 218 Å². The molecule has 4 amide bonds. The van der Waals surface area contributed by atoms with E-state index < -0.39 is 72.6 Å². The fourth-order valence-electron chi connectivity index (χ4n) is 3.22. The van der Waals surface area contributed by atoms with E-state index in [1.807, 2.05) is 0 Å². The SMILES string of the molecule is CSCCC(NC(=O)C(CCC(=O)O)NC(=O)C(N)CC(N)=O)C(=O)NC(Cc1ccccc1)C(=O)O. The van der Waals surface area contributed by atoms with Gasteiger partial charge in [0, 0.05) is 12.8 Å². The van der Waals surface area contributed by atoms with Gasteiger partial charge < -0.3 is 37.6 Å². The first-order valence-corrected chi connectivity index (χ1v) is 12.8. The highest BCUT2D eigenvalue weighted by Crippen LogP contribution is 2.08. The summed E-state index contributed by atoms with van der Waals surface area (Å²) >= 11 is 1.39. The molecule has 4 unspecified atom stereocenters. The Morgan fingerprint density at radius 2 is 1.41 bits per heavy atom. The van der Waals surface area contributed by atoms with Crippen molar-refractivity contribution in [2.45, 2.75) is 56.3 Å². The minimum atomic E-state index is -1.38. The lowest BCUT2D eigenvalue weighted by Gasteiger charge is -2.25. The molecule has 204 valence electrons. The van der Waals surface area contributed by atoms with E-state index in [1.54, 1.807) is 36.6 Å². The molecule has 1 rings (SSSR count). The average Bonchev–Trinajstić information content (AvgIpc) is 2.83. The number of nitrogens with one attached hydrogen (secondary N) is 3. The van der Waals surface area contributed by atoms with Crippen LogP contribution in [-0.4, -0.2) is 82.0 Å². The predicted molar refractivity (Wildman–Crippen MR) is 135 cm³/mol. The summed E-state index contributed by atoms with van der Waals surface area (Å²) in [6, 6.07) is 3.50. The van der Waals surface area contributed by atoms with E-state index in [0.29, 0.717) is 11.3 Å². The normalized spacial score (nSPS) is 13.9. The summed E-state index contributed by atoms with van der Waals surface area (Å²) in [5.74, 6) is -5.41. The molecular weight excluding hydrogens is 506 g/mol. The zero-order valence-electron chi connectivity index (χ0n) is 20.3. The molecule has 0 aliphatic rings. The van der Waals surface area contributed by atoms with Gasteiger partial charge in [-0.1, -0.05) is 30.3 Å². The van der Waals surface area contributed by atoms with Crippen molar-refractivity contribution in [2.75, 3.05) is 12.0 Å². The van der Waals surface area contributed by atoms with Gasteiger partial charge in [-0.05, 0) is 30.4 Å². The molecule has 0 fully saturated rings. The molecule has 1 aromatic rings. The highest BCUT2D eigenvalue weighted by atomic mass is 32.2. The molecule has 0 radical (unpaired) electrons. The molecule has 9 N–H and O–H groups in total. The number of hydrogen-bond acceptors (Lipinski definition) is 8. The van der Waals surface area contributed by atoms with Crippen molar-refractivity contribution in [1.82, 2.24) is 16.0 Å². The largest absolute Gasteiger partial charge is 0.481 e. The standard InChI is InChI=1S/C23H33N5O8S/c1-37-10-9-16(22(34)28-17(23(35)36)11-13-5-3-2-4-6-13)27-21(33)15(7-8-19(30)31)26-20(32)14(24)12-18(25)29/h2-6,14-17H,7-12,24H2,1H3,(H2,25,29)(H,26,32)(H,27,33)(H,28,34)(H,30,31)(H,35,36). The molecule has 0 spiro atoms. The Morgan fingerprint density at radius 3 is 1.92 bits per heavy atom. The Morgan fingerprint density at radius 1 is 0.865 bits per heavy atom. The van der Waals surface area contributed by atoms with E-state index in [4.69, 9.17) is 16.6 Å². The van der Waals surface area contributed by atoms with Gasteiger partial charge in [-0.2, -0.15) is 11.8 Å². The molecule has 0 saturated heterocycles. The number of amides is 4. The molecule has 0 saturated carbocycles. The van der Waals surface area contributed by atoms with Gasteiger partial charge in [0.25, 0.3) is 0 Å². The number of rotatable bonds is 17. The van der Waals surface area contributed by atoms with E-state index in [9.17, 15) is 33.9 Å². The molecule has 37 heavy (non-hydrogen) atoms. The van der Waals surface area contributed by atoms with Gasteiger partial charge in [-0.15, -0.1) is 0 Å². The number of thioether (sulfide) groups is 1. The highest BCUT2D eigenvalue weighted by molar-refractivity contribution is 7.98. The lowest BCUT2D eigenvalue weighted by atomic mass is 10.0. The first-order chi connectivity index (χ1) is 17.4. The second-order valence-electron chi connectivity index (χ2n) is 8.20. The first kappa shape index (κ1) is 31.4. The van der Waals surface area contributed by atoms with Gasteiger partial charge in [0.15, 0.2) is 0 Å². The molecule has 0 aliphatic heterocycles. The summed E-state index contributed by atoms with van der Waals surface area (Å²) in [5, 5.41) is 25.8. The number of primary amides is 1. The minimum Gasteiger partial charge on any atom is -0.481 e. The Kier molecular flexibility index (Phi) is 13.7. The van der Waals surface area contributed by atoms with Crippen LogP contribution in [0.25, 0.3) is 0 Å². The second kappa shape index (κ2) is 16.2. The summed E-state index contributed by atoms with van der Waals surface area (Å²) in [6.45, 7) is 0. The monoisotopic (exact) mass is 539 g/mol. The number of benzene rings is 1. The number of nitrogens with two attached hydrogens (primary N) is 2. The van der Waals surface area contributed by atoms with Crippen LogP contribution in [0.1, 0.15) is 31.2 Å². The van der Waals surface area contributed by atoms with Crippen molar-refractivity contribution in [3.63, 3.8) is 0 Å². The molecule has 1 aromatic carbocycles. The van der Waals surface area contributed by atoms with Crippen molar-refractivity contribution in [2.24, 2.45) is 11.5 Å². The Balaban J connectivity index is 3.01. The quantitative estimate of drug-likeness (QED) is 0.122. The van der Waals surface area contributed by atoms with Crippen molar-refractivity contribution >= 4 is 47.3 Å². The predicted octanol–water partition coefficient (Wildman–Crippen LogP) is -1.41. The average molecular weight is 540 g/mol. The molecule has 0 aliphatic carbocycles. The number of carbonyl (C=O) groups excluding carboxylic acids is 4. The highest BCUT2D eigenvalue weighted by Gasteiger charge is 2.30. The van der Waals surface area contributed by atoms with Crippen LogP contribution in [0.15, 0.2) is 30.3 Å². The van der Waals surface area contributed by atoms with Crippen LogP contribution in [-0.2, 0) is 35.2 Å². The number of carboxylic acid groups (broad SMARTS) is 2. The van der Waals surface area contributed by atoms with Crippen molar-refractivity contribution in [1.29, 1.82) is 0 Å². The van der Waals surface area contributed by atoms with E-state index in [0.717, 1.165) is 0 Å². The van der Waals surface area contributed by atoms with Crippen molar-refractivity contribution < 1.29 is 39.0 Å². The Bertz CT molecular complexity index is 962. The third kappa shape index (κ3) is 12.2. The summed E-state index contributed by atoms with van der Waals surface area (Å²) in [4.78, 5) is 72.1. The maximum absolute atomic E-state index is 13.0. The molecule has 0 heterocycles. The minimum absolute atomic E-state index is 0.0140. The maximum atomic E-state index is 13.0. The van der Waals surface area contributed by atoms with Crippen LogP contribution >= 0.6 is 11.8 Å². The van der Waals surface area contributed by atoms with Crippen molar-refractivity contribution in [3.05, 3.63) is 35.9 Å². The summed E-state index contributed by atoms with van der Waals surface area (Å²) in [7, 11) is 0. The number of hydrogen-bond donors (Lipinski definition) is 7. The molecule has 14 heteroatoms. The molecular formula is C23H33N5O8S. The lowest BCUT2D eigenvalue weighted by Crippen LogP contribution is -2.57. The summed E-state index contributed by atoms with van der Waals surface area (Å²) in [5.41, 5.74) is 11.3. The van der Waals surface area contributed by atoms with Crippen LogP contribution in [0.5, 0.6) is 0 Å². The van der Waals surface area contributed by atoms with Gasteiger partial charge in [0.05, 0.1) is 12.5 Å². The van der Waals surface area contributed by atoms with Crippen molar-refractivity contribution in [3.8, 4) is 0 Å². The number of aliphatic carboxylic acids is 2. The van der Waals surface area contributed by atoms with Gasteiger partial charge in [0.1, 0.15) is 18.1 Å². The van der Waals surface area contributed by atoms with Gasteiger partial charge >= 0.3 is 11.9 Å². The van der Waals surface area contributed by atoms with Gasteiger partial charge in [-0.3, -0.25) is 24.0 Å². The lowest BCUT2D eigenvalue weighted by molar-refractivity contribution is -0.142. The van der Waals surface area contributed by atoms with Crippen LogP contribution < -0.4 is 27.4 Å². The van der Waals surface area contributed by atoms with Crippen LogP contribution in [0, 0.1) is 0 Å². The fraction of sp³-hybridized carbons (Fsp3) is 0.478. The first-order valence-electron chi connectivity index (χ1n) is 11.4. The molecule has 0 bridgehead atoms. The van der Waals surface area contributed by atoms with Crippen LogP contribution in [0.2, 0.25) is 0 Å². The third-order valence-corrected chi connectivity index (χ3v) is 5.82. The number of carboxylic acids is 2. The molecule has 0 aromatic heterocycles.